The lowest BCUT2D eigenvalue weighted by atomic mass is 10.2. The Hall–Kier alpha value is -1.66. The van der Waals surface area contributed by atoms with Gasteiger partial charge in [-0.2, -0.15) is 4.39 Å². The minimum Gasteiger partial charge on any atom is -0.346 e. The summed E-state index contributed by atoms with van der Waals surface area (Å²) in [4.78, 5) is 20.3. The molecular formula is C15H15ClFN3OS. The Morgan fingerprint density at radius 2 is 2.36 bits per heavy atom. The van der Waals surface area contributed by atoms with Gasteiger partial charge in [0.1, 0.15) is 0 Å². The third kappa shape index (κ3) is 3.08. The smallest absolute Gasteiger partial charge is 0.253 e. The van der Waals surface area contributed by atoms with Crippen LogP contribution in [0.3, 0.4) is 0 Å². The number of nitrogens with zero attached hydrogens (tertiary/aromatic N) is 3. The van der Waals surface area contributed by atoms with Crippen molar-refractivity contribution in [2.45, 2.75) is 12.5 Å². The Kier molecular flexibility index (Phi) is 4.31. The molecule has 1 aliphatic rings. The first-order valence-corrected chi connectivity index (χ1v) is 8.13. The van der Waals surface area contributed by atoms with E-state index in [1.54, 1.807) is 29.2 Å². The number of halogens is 2. The highest BCUT2D eigenvalue weighted by Gasteiger charge is 2.30. The van der Waals surface area contributed by atoms with E-state index in [9.17, 15) is 9.18 Å². The van der Waals surface area contributed by atoms with Gasteiger partial charge >= 0.3 is 0 Å². The van der Waals surface area contributed by atoms with Gasteiger partial charge in [-0.3, -0.25) is 4.79 Å². The van der Waals surface area contributed by atoms with Gasteiger partial charge in [-0.1, -0.05) is 29.0 Å². The highest BCUT2D eigenvalue weighted by atomic mass is 35.5. The Morgan fingerprint density at radius 3 is 3.05 bits per heavy atom. The molecule has 0 saturated carbocycles. The first-order chi connectivity index (χ1) is 10.5. The van der Waals surface area contributed by atoms with Crippen molar-refractivity contribution in [3.05, 3.63) is 46.2 Å². The lowest BCUT2D eigenvalue weighted by Crippen LogP contribution is -2.36. The zero-order valence-corrected chi connectivity index (χ0v) is 13.6. The van der Waals surface area contributed by atoms with Crippen molar-refractivity contribution in [3.8, 4) is 0 Å². The number of likely N-dealkylation sites (tertiary alicyclic amines) is 1. The van der Waals surface area contributed by atoms with Crippen molar-refractivity contribution in [1.29, 1.82) is 0 Å². The van der Waals surface area contributed by atoms with Crippen LogP contribution in [0.4, 0.5) is 9.52 Å². The standard InChI is InChI=1S/C15H15ClFN3OS/c1-19(15-18-8-13(17)22-15)12-5-6-20(9-12)14(21)10-3-2-4-11(16)7-10/h2-4,7-8,12H,5-6,9H2,1H3. The van der Waals surface area contributed by atoms with Gasteiger partial charge in [0.2, 0.25) is 0 Å². The first kappa shape index (κ1) is 15.2. The number of hydrogen-bond acceptors (Lipinski definition) is 4. The van der Waals surface area contributed by atoms with Crippen molar-refractivity contribution in [2.75, 3.05) is 25.0 Å². The van der Waals surface area contributed by atoms with Gasteiger partial charge in [-0.05, 0) is 24.6 Å². The van der Waals surface area contributed by atoms with Gasteiger partial charge in [0.15, 0.2) is 10.3 Å². The maximum absolute atomic E-state index is 13.1. The molecule has 1 fully saturated rings. The summed E-state index contributed by atoms with van der Waals surface area (Å²) in [6.45, 7) is 1.28. The summed E-state index contributed by atoms with van der Waals surface area (Å²) in [5.74, 6) is -0.0243. The van der Waals surface area contributed by atoms with Crippen LogP contribution < -0.4 is 4.90 Å². The van der Waals surface area contributed by atoms with Gasteiger partial charge in [0, 0.05) is 30.7 Å². The number of thiazole rings is 1. The molecule has 3 rings (SSSR count). The average Bonchev–Trinajstić information content (AvgIpc) is 3.15. The van der Waals surface area contributed by atoms with E-state index in [-0.39, 0.29) is 17.1 Å². The first-order valence-electron chi connectivity index (χ1n) is 6.93. The summed E-state index contributed by atoms with van der Waals surface area (Å²) in [7, 11) is 1.89. The molecule has 0 radical (unpaired) electrons. The van der Waals surface area contributed by atoms with E-state index in [1.165, 1.54) is 6.20 Å². The highest BCUT2D eigenvalue weighted by molar-refractivity contribution is 7.14. The second-order valence-electron chi connectivity index (χ2n) is 5.26. The molecule has 0 bridgehead atoms. The molecule has 0 spiro atoms. The number of carbonyl (C=O) groups excluding carboxylic acids is 1. The van der Waals surface area contributed by atoms with Crippen LogP contribution in [0, 0.1) is 5.13 Å². The number of aromatic nitrogens is 1. The molecule has 1 amide bonds. The monoisotopic (exact) mass is 339 g/mol. The topological polar surface area (TPSA) is 36.4 Å². The minimum atomic E-state index is -0.299. The summed E-state index contributed by atoms with van der Waals surface area (Å²) in [5.41, 5.74) is 0.594. The quantitative estimate of drug-likeness (QED) is 0.861. The van der Waals surface area contributed by atoms with E-state index in [4.69, 9.17) is 11.6 Å². The summed E-state index contributed by atoms with van der Waals surface area (Å²) < 4.78 is 13.1. The van der Waals surface area contributed by atoms with Crippen LogP contribution in [-0.4, -0.2) is 42.0 Å². The van der Waals surface area contributed by atoms with Crippen molar-refractivity contribution in [3.63, 3.8) is 0 Å². The molecule has 116 valence electrons. The van der Waals surface area contributed by atoms with Crippen LogP contribution in [-0.2, 0) is 0 Å². The summed E-state index contributed by atoms with van der Waals surface area (Å²) in [6.07, 6.45) is 2.06. The van der Waals surface area contributed by atoms with Gasteiger partial charge < -0.3 is 9.80 Å². The number of benzene rings is 1. The summed E-state index contributed by atoms with van der Waals surface area (Å²) >= 11 is 6.95. The third-order valence-electron chi connectivity index (χ3n) is 3.84. The van der Waals surface area contributed by atoms with Gasteiger partial charge in [0.25, 0.3) is 5.91 Å². The van der Waals surface area contributed by atoms with Crippen molar-refractivity contribution in [2.24, 2.45) is 0 Å². The van der Waals surface area contributed by atoms with E-state index < -0.39 is 0 Å². The molecule has 0 aliphatic carbocycles. The van der Waals surface area contributed by atoms with E-state index in [1.807, 2.05) is 11.9 Å². The molecule has 7 heteroatoms. The van der Waals surface area contributed by atoms with Crippen LogP contribution in [0.5, 0.6) is 0 Å². The van der Waals surface area contributed by atoms with E-state index in [0.717, 1.165) is 17.8 Å². The van der Waals surface area contributed by atoms with Crippen LogP contribution in [0.15, 0.2) is 30.5 Å². The predicted octanol–water partition coefficient (Wildman–Crippen LogP) is 3.29. The zero-order valence-electron chi connectivity index (χ0n) is 12.0. The Morgan fingerprint density at radius 1 is 1.55 bits per heavy atom. The molecule has 1 unspecified atom stereocenters. The lowest BCUT2D eigenvalue weighted by molar-refractivity contribution is 0.0791. The molecule has 2 aromatic rings. The third-order valence-corrected chi connectivity index (χ3v) is 4.95. The van der Waals surface area contributed by atoms with Crippen LogP contribution in [0.25, 0.3) is 0 Å². The summed E-state index contributed by atoms with van der Waals surface area (Å²) in [6, 6.07) is 7.11. The van der Waals surface area contributed by atoms with Crippen LogP contribution in [0.2, 0.25) is 5.02 Å². The molecule has 0 N–H and O–H groups in total. The van der Waals surface area contributed by atoms with Crippen molar-refractivity contribution < 1.29 is 9.18 Å². The number of carbonyl (C=O) groups is 1. The Labute approximate surface area is 137 Å². The van der Waals surface area contributed by atoms with Crippen LogP contribution in [0.1, 0.15) is 16.8 Å². The van der Waals surface area contributed by atoms with Crippen molar-refractivity contribution >= 4 is 34.0 Å². The van der Waals surface area contributed by atoms with Crippen LogP contribution >= 0.6 is 22.9 Å². The zero-order chi connectivity index (χ0) is 15.7. The molecule has 4 nitrogen and oxygen atoms in total. The SMILES string of the molecule is CN(c1ncc(F)s1)C1CCN(C(=O)c2cccc(Cl)c2)C1. The summed E-state index contributed by atoms with van der Waals surface area (Å²) in [5, 5.41) is 0.892. The predicted molar refractivity (Wildman–Crippen MR) is 86.2 cm³/mol. The number of anilines is 1. The fourth-order valence-corrected chi connectivity index (χ4v) is 3.48. The molecule has 1 aromatic heterocycles. The molecular weight excluding hydrogens is 325 g/mol. The Balaban J connectivity index is 1.68. The fourth-order valence-electron chi connectivity index (χ4n) is 2.61. The minimum absolute atomic E-state index is 0.0243. The normalized spacial score (nSPS) is 17.8. The highest BCUT2D eigenvalue weighted by Crippen LogP contribution is 2.26. The van der Waals surface area contributed by atoms with Gasteiger partial charge in [-0.25, -0.2) is 4.98 Å². The van der Waals surface area contributed by atoms with E-state index in [2.05, 4.69) is 4.98 Å². The molecule has 2 heterocycles. The van der Waals surface area contributed by atoms with Gasteiger partial charge in [-0.15, -0.1) is 0 Å². The molecule has 1 saturated heterocycles. The maximum atomic E-state index is 13.1. The second-order valence-corrected chi connectivity index (χ2v) is 6.66. The molecule has 1 aromatic carbocycles. The molecule has 22 heavy (non-hydrogen) atoms. The molecule has 1 atom stereocenters. The van der Waals surface area contributed by atoms with Crippen molar-refractivity contribution in [1.82, 2.24) is 9.88 Å². The second kappa shape index (κ2) is 6.22. The fraction of sp³-hybridized carbons (Fsp3) is 0.333. The number of hydrogen-bond donors (Lipinski definition) is 0. The number of likely N-dealkylation sites (N-methyl/N-ethyl adjacent to an activating group) is 1. The lowest BCUT2D eigenvalue weighted by Gasteiger charge is -2.24. The number of rotatable bonds is 3. The van der Waals surface area contributed by atoms with E-state index in [0.29, 0.717) is 28.8 Å². The van der Waals surface area contributed by atoms with E-state index >= 15 is 0 Å². The van der Waals surface area contributed by atoms with Gasteiger partial charge in [0.05, 0.1) is 12.2 Å². The largest absolute Gasteiger partial charge is 0.346 e. The maximum Gasteiger partial charge on any atom is 0.253 e. The molecule has 1 aliphatic heterocycles. The average molecular weight is 340 g/mol. The number of amides is 1. The Bertz CT molecular complexity index is 693.